The molecule has 0 unspecified atom stereocenters. The zero-order valence-electron chi connectivity index (χ0n) is 11.0. The van der Waals surface area contributed by atoms with Gasteiger partial charge in [0.2, 0.25) is 0 Å². The average molecular weight is 270 g/mol. The van der Waals surface area contributed by atoms with Gasteiger partial charge in [0.05, 0.1) is 6.54 Å². The van der Waals surface area contributed by atoms with Crippen LogP contribution in [0.1, 0.15) is 13.8 Å². The average Bonchev–Trinajstić information content (AvgIpc) is 2.34. The number of aliphatic imine (C=N–C) groups is 1. The largest absolute Gasteiger partial charge is 0.492 e. The monoisotopic (exact) mass is 269 g/mol. The van der Waals surface area contributed by atoms with Crippen molar-refractivity contribution >= 4 is 17.6 Å². The van der Waals surface area contributed by atoms with Gasteiger partial charge in [-0.15, -0.1) is 0 Å². The fourth-order valence-electron chi connectivity index (χ4n) is 1.34. The van der Waals surface area contributed by atoms with Crippen molar-refractivity contribution in [1.29, 1.82) is 0 Å². The van der Waals surface area contributed by atoms with Crippen LogP contribution < -0.4 is 15.4 Å². The van der Waals surface area contributed by atoms with Crippen LogP contribution in [0.15, 0.2) is 29.3 Å². The van der Waals surface area contributed by atoms with Gasteiger partial charge in [-0.25, -0.2) is 0 Å². The maximum absolute atomic E-state index is 5.79. The molecule has 18 heavy (non-hydrogen) atoms. The molecule has 0 fully saturated rings. The normalized spacial score (nSPS) is 11.5. The van der Waals surface area contributed by atoms with Crippen LogP contribution >= 0.6 is 11.6 Å². The highest BCUT2D eigenvalue weighted by Gasteiger charge is 1.99. The van der Waals surface area contributed by atoms with E-state index in [4.69, 9.17) is 16.3 Å². The number of benzene rings is 1. The molecule has 0 saturated heterocycles. The number of halogens is 1. The minimum absolute atomic E-state index is 0.355. The summed E-state index contributed by atoms with van der Waals surface area (Å²) in [5, 5.41) is 7.08. The van der Waals surface area contributed by atoms with Crippen LogP contribution in [0.5, 0.6) is 5.75 Å². The molecule has 0 radical (unpaired) electrons. The third kappa shape index (κ3) is 5.77. The summed E-state index contributed by atoms with van der Waals surface area (Å²) < 4.78 is 5.56. The Bertz CT molecular complexity index is 376. The van der Waals surface area contributed by atoms with Crippen molar-refractivity contribution in [2.45, 2.75) is 19.9 Å². The van der Waals surface area contributed by atoms with Gasteiger partial charge in [0.15, 0.2) is 5.96 Å². The first-order chi connectivity index (χ1) is 8.61. The summed E-state index contributed by atoms with van der Waals surface area (Å²) in [4.78, 5) is 4.11. The molecule has 0 atom stereocenters. The van der Waals surface area contributed by atoms with Gasteiger partial charge in [-0.1, -0.05) is 11.6 Å². The van der Waals surface area contributed by atoms with Crippen molar-refractivity contribution in [1.82, 2.24) is 10.6 Å². The lowest BCUT2D eigenvalue weighted by atomic mass is 10.3. The molecule has 100 valence electrons. The fraction of sp³-hybridized carbons (Fsp3) is 0.462. The summed E-state index contributed by atoms with van der Waals surface area (Å²) in [6, 6.07) is 7.67. The molecule has 0 amide bonds. The zero-order valence-corrected chi connectivity index (χ0v) is 11.8. The molecule has 4 nitrogen and oxygen atoms in total. The standard InChI is InChI=1S/C13H20ClN3O/c1-10(2)17-13(15-3)16-8-9-18-12-6-4-11(14)5-7-12/h4-7,10H,8-9H2,1-3H3,(H2,15,16,17). The van der Waals surface area contributed by atoms with E-state index in [0.29, 0.717) is 24.2 Å². The Hall–Kier alpha value is -1.42. The Morgan fingerprint density at radius 1 is 1.33 bits per heavy atom. The first-order valence-electron chi connectivity index (χ1n) is 5.97. The molecule has 0 aliphatic heterocycles. The number of hydrogen-bond donors (Lipinski definition) is 2. The highest BCUT2D eigenvalue weighted by molar-refractivity contribution is 6.30. The van der Waals surface area contributed by atoms with E-state index in [-0.39, 0.29) is 0 Å². The van der Waals surface area contributed by atoms with E-state index in [0.717, 1.165) is 11.7 Å². The van der Waals surface area contributed by atoms with E-state index in [2.05, 4.69) is 29.5 Å². The highest BCUT2D eigenvalue weighted by atomic mass is 35.5. The van der Waals surface area contributed by atoms with Gasteiger partial charge in [-0.2, -0.15) is 0 Å². The fourth-order valence-corrected chi connectivity index (χ4v) is 1.46. The summed E-state index contributed by atoms with van der Waals surface area (Å²) >= 11 is 5.79. The summed E-state index contributed by atoms with van der Waals surface area (Å²) in [5.74, 6) is 1.60. The van der Waals surface area contributed by atoms with Crippen molar-refractivity contribution in [2.24, 2.45) is 4.99 Å². The molecule has 0 bridgehead atoms. The molecule has 2 N–H and O–H groups in total. The molecule has 0 heterocycles. The van der Waals surface area contributed by atoms with Gasteiger partial charge in [0.25, 0.3) is 0 Å². The number of hydrogen-bond acceptors (Lipinski definition) is 2. The highest BCUT2D eigenvalue weighted by Crippen LogP contribution is 2.14. The SMILES string of the molecule is CN=C(NCCOc1ccc(Cl)cc1)NC(C)C. The molecule has 1 rings (SSSR count). The Kier molecular flexibility index (Phi) is 6.36. The Morgan fingerprint density at radius 3 is 2.56 bits per heavy atom. The molecule has 0 saturated carbocycles. The lowest BCUT2D eigenvalue weighted by Gasteiger charge is -2.14. The minimum Gasteiger partial charge on any atom is -0.492 e. The maximum Gasteiger partial charge on any atom is 0.191 e. The second-order valence-electron chi connectivity index (χ2n) is 4.10. The van der Waals surface area contributed by atoms with Crippen molar-refractivity contribution in [3.05, 3.63) is 29.3 Å². The Balaban J connectivity index is 2.24. The van der Waals surface area contributed by atoms with Crippen molar-refractivity contribution in [3.8, 4) is 5.75 Å². The number of ether oxygens (including phenoxy) is 1. The van der Waals surface area contributed by atoms with E-state index in [1.807, 2.05) is 24.3 Å². The van der Waals surface area contributed by atoms with E-state index in [1.165, 1.54) is 0 Å². The second-order valence-corrected chi connectivity index (χ2v) is 4.54. The van der Waals surface area contributed by atoms with Crippen molar-refractivity contribution in [3.63, 3.8) is 0 Å². The number of guanidine groups is 1. The Labute approximate surface area is 113 Å². The van der Waals surface area contributed by atoms with Crippen LogP contribution in [0.4, 0.5) is 0 Å². The van der Waals surface area contributed by atoms with E-state index < -0.39 is 0 Å². The maximum atomic E-state index is 5.79. The van der Waals surface area contributed by atoms with E-state index in [9.17, 15) is 0 Å². The van der Waals surface area contributed by atoms with E-state index >= 15 is 0 Å². The van der Waals surface area contributed by atoms with Crippen LogP contribution in [-0.4, -0.2) is 32.2 Å². The van der Waals surface area contributed by atoms with Gasteiger partial charge >= 0.3 is 0 Å². The van der Waals surface area contributed by atoms with E-state index in [1.54, 1.807) is 7.05 Å². The molecular formula is C13H20ClN3O. The summed E-state index contributed by atoms with van der Waals surface area (Å²) in [6.45, 7) is 5.39. The van der Waals surface area contributed by atoms with Gasteiger partial charge in [0.1, 0.15) is 12.4 Å². The smallest absolute Gasteiger partial charge is 0.191 e. The van der Waals surface area contributed by atoms with Gasteiger partial charge < -0.3 is 15.4 Å². The number of nitrogens with one attached hydrogen (secondary N) is 2. The summed E-state index contributed by atoms with van der Waals surface area (Å²) in [5.41, 5.74) is 0. The van der Waals surface area contributed by atoms with Crippen LogP contribution in [0.25, 0.3) is 0 Å². The summed E-state index contributed by atoms with van der Waals surface area (Å²) in [6.07, 6.45) is 0. The zero-order chi connectivity index (χ0) is 13.4. The second kappa shape index (κ2) is 7.82. The lowest BCUT2D eigenvalue weighted by molar-refractivity contribution is 0.322. The first kappa shape index (κ1) is 14.6. The molecule has 5 heteroatoms. The third-order valence-corrected chi connectivity index (χ3v) is 2.38. The molecule has 1 aromatic carbocycles. The molecular weight excluding hydrogens is 250 g/mol. The van der Waals surface area contributed by atoms with Crippen molar-refractivity contribution in [2.75, 3.05) is 20.2 Å². The first-order valence-corrected chi connectivity index (χ1v) is 6.35. The van der Waals surface area contributed by atoms with Crippen molar-refractivity contribution < 1.29 is 4.74 Å². The predicted molar refractivity (Wildman–Crippen MR) is 76.6 cm³/mol. The third-order valence-electron chi connectivity index (χ3n) is 2.13. The van der Waals surface area contributed by atoms with Crippen LogP contribution in [-0.2, 0) is 0 Å². The molecule has 0 aromatic heterocycles. The molecule has 0 spiro atoms. The van der Waals surface area contributed by atoms with Gasteiger partial charge in [0, 0.05) is 18.1 Å². The van der Waals surface area contributed by atoms with Gasteiger partial charge in [-0.05, 0) is 38.1 Å². The topological polar surface area (TPSA) is 45.7 Å². The predicted octanol–water partition coefficient (Wildman–Crippen LogP) is 2.29. The lowest BCUT2D eigenvalue weighted by Crippen LogP contribution is -2.42. The Morgan fingerprint density at radius 2 is 2.00 bits per heavy atom. The van der Waals surface area contributed by atoms with Gasteiger partial charge in [-0.3, -0.25) is 4.99 Å². The van der Waals surface area contributed by atoms with Crippen LogP contribution in [0.2, 0.25) is 5.02 Å². The molecule has 0 aliphatic carbocycles. The number of rotatable bonds is 5. The van der Waals surface area contributed by atoms with Crippen LogP contribution in [0, 0.1) is 0 Å². The quantitative estimate of drug-likeness (QED) is 0.490. The molecule has 1 aromatic rings. The minimum atomic E-state index is 0.355. The number of nitrogens with zero attached hydrogens (tertiary/aromatic N) is 1. The van der Waals surface area contributed by atoms with Crippen LogP contribution in [0.3, 0.4) is 0 Å². The summed E-state index contributed by atoms with van der Waals surface area (Å²) in [7, 11) is 1.75. The molecule has 0 aliphatic rings.